The Labute approximate surface area is 116 Å². The summed E-state index contributed by atoms with van der Waals surface area (Å²) in [6.45, 7) is 2.44. The first-order valence-corrected chi connectivity index (χ1v) is 6.97. The average molecular weight is 284 g/mol. The third kappa shape index (κ3) is 3.51. The van der Waals surface area contributed by atoms with E-state index in [0.717, 1.165) is 4.90 Å². The fourth-order valence-corrected chi connectivity index (χ4v) is 2.69. The zero-order valence-corrected chi connectivity index (χ0v) is 11.4. The smallest absolute Gasteiger partial charge is 0.261 e. The summed E-state index contributed by atoms with van der Waals surface area (Å²) in [4.78, 5) is 15.6. The maximum Gasteiger partial charge on any atom is 0.261 e. The van der Waals surface area contributed by atoms with Gasteiger partial charge in [0.05, 0.1) is 18.1 Å². The Hall–Kier alpha value is -0.970. The van der Waals surface area contributed by atoms with Gasteiger partial charge in [-0.1, -0.05) is 41.6 Å². The van der Waals surface area contributed by atoms with Crippen molar-refractivity contribution in [1.29, 1.82) is 0 Å². The predicted octanol–water partition coefficient (Wildman–Crippen LogP) is 2.72. The molecule has 1 heterocycles. The summed E-state index contributed by atoms with van der Waals surface area (Å²) in [7, 11) is 0. The van der Waals surface area contributed by atoms with Crippen molar-refractivity contribution in [2.24, 2.45) is 0 Å². The molecule has 0 radical (unpaired) electrons. The first kappa shape index (κ1) is 13.5. The van der Waals surface area contributed by atoms with Crippen LogP contribution in [0.3, 0.4) is 0 Å². The highest BCUT2D eigenvalue weighted by Gasteiger charge is 2.21. The summed E-state index contributed by atoms with van der Waals surface area (Å²) in [6, 6.07) is 9.73. The van der Waals surface area contributed by atoms with Crippen molar-refractivity contribution >= 4 is 29.3 Å². The van der Waals surface area contributed by atoms with Crippen LogP contribution in [0.15, 0.2) is 45.7 Å². The van der Waals surface area contributed by atoms with Gasteiger partial charge in [-0.15, -0.1) is 0 Å². The molecule has 1 aromatic carbocycles. The average Bonchev–Trinajstić information content (AvgIpc) is 2.46. The molecule has 1 aliphatic heterocycles. The normalized spacial score (nSPS) is 16.7. The molecule has 0 aromatic heterocycles. The molecule has 0 unspecified atom stereocenters. The van der Waals surface area contributed by atoms with Crippen molar-refractivity contribution in [2.75, 3.05) is 26.3 Å². The second kappa shape index (κ2) is 6.83. The highest BCUT2D eigenvalue weighted by Crippen LogP contribution is 2.28. The van der Waals surface area contributed by atoms with Crippen LogP contribution in [0, 0.1) is 0 Å². The minimum Gasteiger partial charge on any atom is -0.378 e. The Balaban J connectivity index is 2.02. The molecule has 96 valence electrons. The Kier molecular flexibility index (Phi) is 5.11. The van der Waals surface area contributed by atoms with Crippen molar-refractivity contribution in [3.63, 3.8) is 0 Å². The van der Waals surface area contributed by atoms with E-state index in [1.54, 1.807) is 4.90 Å². The third-order valence-electron chi connectivity index (χ3n) is 2.58. The first-order valence-electron chi connectivity index (χ1n) is 5.71. The SMILES string of the molecule is O=C(/C(=C/Cl)Sc1ccccc1)N1CCOCC1. The zero-order chi connectivity index (χ0) is 12.8. The number of amides is 1. The molecule has 0 aliphatic carbocycles. The number of carbonyl (C=O) groups is 1. The number of morpholine rings is 1. The van der Waals surface area contributed by atoms with Gasteiger partial charge in [0.2, 0.25) is 0 Å². The van der Waals surface area contributed by atoms with E-state index in [4.69, 9.17) is 16.3 Å². The fourth-order valence-electron chi connectivity index (χ4n) is 1.65. The van der Waals surface area contributed by atoms with Crippen LogP contribution in [0.2, 0.25) is 0 Å². The number of hydrogen-bond acceptors (Lipinski definition) is 3. The molecule has 0 bridgehead atoms. The lowest BCUT2D eigenvalue weighted by Gasteiger charge is -2.27. The number of thioether (sulfide) groups is 1. The number of nitrogens with zero attached hydrogens (tertiary/aromatic N) is 1. The standard InChI is InChI=1S/C13H14ClNO2S/c14-10-12(18-11-4-2-1-3-5-11)13(16)15-6-8-17-9-7-15/h1-5,10H,6-9H2/b12-10-. The molecule has 0 N–H and O–H groups in total. The molecule has 1 saturated heterocycles. The molecular weight excluding hydrogens is 270 g/mol. The van der Waals surface area contributed by atoms with Crippen LogP contribution in [-0.2, 0) is 9.53 Å². The largest absolute Gasteiger partial charge is 0.378 e. The van der Waals surface area contributed by atoms with Crippen molar-refractivity contribution in [3.05, 3.63) is 40.8 Å². The highest BCUT2D eigenvalue weighted by atomic mass is 35.5. The molecule has 0 saturated carbocycles. The van der Waals surface area contributed by atoms with E-state index in [9.17, 15) is 4.79 Å². The minimum absolute atomic E-state index is 0.0258. The molecule has 1 fully saturated rings. The quantitative estimate of drug-likeness (QED) is 0.631. The van der Waals surface area contributed by atoms with Crippen LogP contribution in [0.5, 0.6) is 0 Å². The Morgan fingerprint density at radius 3 is 2.56 bits per heavy atom. The van der Waals surface area contributed by atoms with E-state index >= 15 is 0 Å². The van der Waals surface area contributed by atoms with Gasteiger partial charge in [0.1, 0.15) is 0 Å². The summed E-state index contributed by atoms with van der Waals surface area (Å²) < 4.78 is 5.23. The predicted molar refractivity (Wildman–Crippen MR) is 73.6 cm³/mol. The van der Waals surface area contributed by atoms with Crippen LogP contribution in [-0.4, -0.2) is 37.1 Å². The monoisotopic (exact) mass is 283 g/mol. The van der Waals surface area contributed by atoms with Crippen LogP contribution < -0.4 is 0 Å². The molecule has 0 spiro atoms. The lowest BCUT2D eigenvalue weighted by molar-refractivity contribution is -0.130. The maximum atomic E-state index is 12.2. The molecule has 0 atom stereocenters. The van der Waals surface area contributed by atoms with Crippen molar-refractivity contribution in [2.45, 2.75) is 4.90 Å². The van der Waals surface area contributed by atoms with Gasteiger partial charge >= 0.3 is 0 Å². The molecule has 1 amide bonds. The van der Waals surface area contributed by atoms with Crippen molar-refractivity contribution in [3.8, 4) is 0 Å². The number of benzene rings is 1. The summed E-state index contributed by atoms with van der Waals surface area (Å²) in [5.41, 5.74) is 1.36. The second-order valence-electron chi connectivity index (χ2n) is 3.79. The molecule has 2 rings (SSSR count). The van der Waals surface area contributed by atoms with Gasteiger partial charge in [-0.25, -0.2) is 0 Å². The molecular formula is C13H14ClNO2S. The number of halogens is 1. The van der Waals surface area contributed by atoms with Gasteiger partial charge in [0, 0.05) is 23.5 Å². The fraction of sp³-hybridized carbons (Fsp3) is 0.308. The molecule has 3 nitrogen and oxygen atoms in total. The van der Waals surface area contributed by atoms with Gasteiger partial charge in [0.15, 0.2) is 0 Å². The van der Waals surface area contributed by atoms with Gasteiger partial charge in [-0.05, 0) is 12.1 Å². The van der Waals surface area contributed by atoms with Crippen LogP contribution >= 0.6 is 23.4 Å². The van der Waals surface area contributed by atoms with Crippen LogP contribution in [0.1, 0.15) is 0 Å². The van der Waals surface area contributed by atoms with E-state index in [2.05, 4.69) is 0 Å². The maximum absolute atomic E-state index is 12.2. The minimum atomic E-state index is -0.0258. The molecule has 1 aromatic rings. The number of hydrogen-bond donors (Lipinski definition) is 0. The molecule has 1 aliphatic rings. The van der Waals surface area contributed by atoms with E-state index in [0.29, 0.717) is 31.2 Å². The van der Waals surface area contributed by atoms with E-state index < -0.39 is 0 Å². The summed E-state index contributed by atoms with van der Waals surface area (Å²) in [5, 5.41) is 0. The Bertz CT molecular complexity index is 430. The highest BCUT2D eigenvalue weighted by molar-refractivity contribution is 8.04. The summed E-state index contributed by atoms with van der Waals surface area (Å²) in [6.07, 6.45) is 0. The molecule has 18 heavy (non-hydrogen) atoms. The number of rotatable bonds is 3. The van der Waals surface area contributed by atoms with Crippen LogP contribution in [0.25, 0.3) is 0 Å². The number of ether oxygens (including phenoxy) is 1. The van der Waals surface area contributed by atoms with Gasteiger partial charge in [0.25, 0.3) is 5.91 Å². The Morgan fingerprint density at radius 1 is 1.28 bits per heavy atom. The summed E-state index contributed by atoms with van der Waals surface area (Å²) in [5.74, 6) is -0.0258. The number of carbonyl (C=O) groups excluding carboxylic acids is 1. The van der Waals surface area contributed by atoms with E-state index in [1.165, 1.54) is 17.3 Å². The second-order valence-corrected chi connectivity index (χ2v) is 5.13. The summed E-state index contributed by atoms with van der Waals surface area (Å²) >= 11 is 7.16. The topological polar surface area (TPSA) is 29.5 Å². The van der Waals surface area contributed by atoms with Crippen molar-refractivity contribution < 1.29 is 9.53 Å². The van der Waals surface area contributed by atoms with Gasteiger partial charge in [-0.2, -0.15) is 0 Å². The Morgan fingerprint density at radius 2 is 1.94 bits per heavy atom. The van der Waals surface area contributed by atoms with E-state index in [1.807, 2.05) is 30.3 Å². The molecule has 5 heteroatoms. The first-order chi connectivity index (χ1) is 8.81. The van der Waals surface area contributed by atoms with Gasteiger partial charge in [-0.3, -0.25) is 4.79 Å². The lowest BCUT2D eigenvalue weighted by Crippen LogP contribution is -2.41. The van der Waals surface area contributed by atoms with Crippen molar-refractivity contribution in [1.82, 2.24) is 4.90 Å². The van der Waals surface area contributed by atoms with Gasteiger partial charge < -0.3 is 9.64 Å². The zero-order valence-electron chi connectivity index (χ0n) is 9.84. The van der Waals surface area contributed by atoms with Crippen LogP contribution in [0.4, 0.5) is 0 Å². The third-order valence-corrected chi connectivity index (χ3v) is 3.95. The lowest BCUT2D eigenvalue weighted by atomic mass is 10.4. The van der Waals surface area contributed by atoms with E-state index in [-0.39, 0.29) is 5.91 Å².